The highest BCUT2D eigenvalue weighted by Crippen LogP contribution is 2.18. The molecule has 0 spiro atoms. The first kappa shape index (κ1) is 57.4. The summed E-state index contributed by atoms with van der Waals surface area (Å²) >= 11 is 0. The lowest BCUT2D eigenvalue weighted by atomic mass is 9.99. The van der Waals surface area contributed by atoms with Gasteiger partial charge in [-0.3, -0.25) is 14.4 Å². The summed E-state index contributed by atoms with van der Waals surface area (Å²) < 4.78 is 16.8. The van der Waals surface area contributed by atoms with Crippen LogP contribution in [0.4, 0.5) is 0 Å². The van der Waals surface area contributed by atoms with E-state index in [0.717, 1.165) is 75.5 Å². The predicted molar refractivity (Wildman–Crippen MR) is 252 cm³/mol. The van der Waals surface area contributed by atoms with E-state index in [1.165, 1.54) is 167 Å². The maximum absolute atomic E-state index is 12.8. The molecule has 0 aliphatic carbocycles. The molecule has 0 aromatic rings. The molecule has 0 aromatic heterocycles. The Labute approximate surface area is 368 Å². The van der Waals surface area contributed by atoms with E-state index in [2.05, 4.69) is 41.5 Å². The summed E-state index contributed by atoms with van der Waals surface area (Å²) in [5.41, 5.74) is 0. The lowest BCUT2D eigenvalue weighted by Gasteiger charge is -2.18. The van der Waals surface area contributed by atoms with Crippen molar-refractivity contribution in [3.8, 4) is 0 Å². The van der Waals surface area contributed by atoms with E-state index in [4.69, 9.17) is 14.2 Å². The van der Waals surface area contributed by atoms with E-state index in [1.54, 1.807) is 0 Å². The van der Waals surface area contributed by atoms with Crippen LogP contribution in [0.25, 0.3) is 0 Å². The van der Waals surface area contributed by atoms with Crippen molar-refractivity contribution in [2.45, 2.75) is 292 Å². The third-order valence-electron chi connectivity index (χ3n) is 12.3. The standard InChI is InChI=1S/C53H102O6/c1-7-49(6)41-35-29-23-19-20-25-31-37-43-52(55)58-46-50(45-57-51(54)42-36-30-24-17-14-13-16-22-28-34-40-48(4)5)59-53(56)44-38-32-26-18-12-10-8-9-11-15-21-27-33-39-47(2)3/h47-50H,7-46H2,1-6H3/t49?,50-/m1/s1. The number of esters is 3. The van der Waals surface area contributed by atoms with E-state index in [-0.39, 0.29) is 31.1 Å². The Morgan fingerprint density at radius 3 is 0.881 bits per heavy atom. The summed E-state index contributed by atoms with van der Waals surface area (Å²) in [4.78, 5) is 38.0. The van der Waals surface area contributed by atoms with Crippen LogP contribution < -0.4 is 0 Å². The topological polar surface area (TPSA) is 78.9 Å². The Hall–Kier alpha value is -1.59. The second kappa shape index (κ2) is 44.5. The van der Waals surface area contributed by atoms with Gasteiger partial charge >= 0.3 is 17.9 Å². The second-order valence-corrected chi connectivity index (χ2v) is 19.4. The Morgan fingerprint density at radius 2 is 0.593 bits per heavy atom. The summed E-state index contributed by atoms with van der Waals surface area (Å²) in [6, 6.07) is 0. The minimum Gasteiger partial charge on any atom is -0.462 e. The van der Waals surface area contributed by atoms with Crippen LogP contribution in [-0.2, 0) is 28.6 Å². The molecule has 0 bridgehead atoms. The number of carbonyl (C=O) groups is 3. The number of carbonyl (C=O) groups excluding carboxylic acids is 3. The van der Waals surface area contributed by atoms with Gasteiger partial charge in [-0.2, -0.15) is 0 Å². The van der Waals surface area contributed by atoms with Crippen molar-refractivity contribution in [2.24, 2.45) is 17.8 Å². The van der Waals surface area contributed by atoms with Crippen LogP contribution in [0.1, 0.15) is 286 Å². The summed E-state index contributed by atoms with van der Waals surface area (Å²) in [6.07, 6.45) is 43.7. The zero-order valence-corrected chi connectivity index (χ0v) is 40.5. The average Bonchev–Trinajstić information content (AvgIpc) is 3.20. The first-order chi connectivity index (χ1) is 28.6. The van der Waals surface area contributed by atoms with Crippen LogP contribution >= 0.6 is 0 Å². The summed E-state index contributed by atoms with van der Waals surface area (Å²) in [6.45, 7) is 13.7. The molecule has 0 aliphatic rings. The molecule has 350 valence electrons. The van der Waals surface area contributed by atoms with Crippen LogP contribution in [0.3, 0.4) is 0 Å². The smallest absolute Gasteiger partial charge is 0.306 e. The molecule has 59 heavy (non-hydrogen) atoms. The zero-order valence-electron chi connectivity index (χ0n) is 40.5. The number of hydrogen-bond donors (Lipinski definition) is 0. The van der Waals surface area contributed by atoms with E-state index in [0.29, 0.717) is 19.3 Å². The number of rotatable bonds is 46. The lowest BCUT2D eigenvalue weighted by Crippen LogP contribution is -2.30. The average molecular weight is 835 g/mol. The number of hydrogen-bond acceptors (Lipinski definition) is 6. The Balaban J connectivity index is 4.33. The Bertz CT molecular complexity index is 916. The van der Waals surface area contributed by atoms with Crippen LogP contribution in [0, 0.1) is 17.8 Å². The van der Waals surface area contributed by atoms with Crippen molar-refractivity contribution in [3.05, 3.63) is 0 Å². The monoisotopic (exact) mass is 835 g/mol. The molecule has 6 nitrogen and oxygen atoms in total. The molecule has 0 saturated carbocycles. The number of unbranched alkanes of at least 4 members (excludes halogenated alkanes) is 28. The zero-order chi connectivity index (χ0) is 43.4. The van der Waals surface area contributed by atoms with Gasteiger partial charge in [-0.15, -0.1) is 0 Å². The van der Waals surface area contributed by atoms with Gasteiger partial charge in [-0.05, 0) is 37.0 Å². The Morgan fingerprint density at radius 1 is 0.339 bits per heavy atom. The SMILES string of the molecule is CCC(C)CCCCCCCCCCC(=O)OC[C@@H](COC(=O)CCCCCCCCCCCCC(C)C)OC(=O)CCCCCCCCCCCCCCCC(C)C. The van der Waals surface area contributed by atoms with Gasteiger partial charge < -0.3 is 14.2 Å². The number of ether oxygens (including phenoxy) is 3. The molecular formula is C53H102O6. The molecule has 6 heteroatoms. The summed E-state index contributed by atoms with van der Waals surface area (Å²) in [5, 5.41) is 0. The van der Waals surface area contributed by atoms with Gasteiger partial charge in [-0.1, -0.05) is 247 Å². The van der Waals surface area contributed by atoms with Crippen molar-refractivity contribution >= 4 is 17.9 Å². The quantitative estimate of drug-likeness (QED) is 0.0345. The first-order valence-corrected chi connectivity index (χ1v) is 26.1. The third kappa shape index (κ3) is 45.8. The highest BCUT2D eigenvalue weighted by atomic mass is 16.6. The van der Waals surface area contributed by atoms with Crippen molar-refractivity contribution < 1.29 is 28.6 Å². The van der Waals surface area contributed by atoms with Gasteiger partial charge in [0.2, 0.25) is 0 Å². The molecule has 0 radical (unpaired) electrons. The van der Waals surface area contributed by atoms with Crippen LogP contribution in [-0.4, -0.2) is 37.2 Å². The molecule has 0 N–H and O–H groups in total. The van der Waals surface area contributed by atoms with E-state index in [9.17, 15) is 14.4 Å². The van der Waals surface area contributed by atoms with Gasteiger partial charge in [0.15, 0.2) is 6.10 Å². The maximum atomic E-state index is 12.8. The lowest BCUT2D eigenvalue weighted by molar-refractivity contribution is -0.167. The summed E-state index contributed by atoms with van der Waals surface area (Å²) in [5.74, 6) is 1.65. The van der Waals surface area contributed by atoms with Gasteiger partial charge in [0.25, 0.3) is 0 Å². The highest BCUT2D eigenvalue weighted by Gasteiger charge is 2.19. The fraction of sp³-hybridized carbons (Fsp3) is 0.943. The molecular weight excluding hydrogens is 733 g/mol. The minimum atomic E-state index is -0.763. The fourth-order valence-electron chi connectivity index (χ4n) is 7.91. The first-order valence-electron chi connectivity index (χ1n) is 26.1. The molecule has 0 amide bonds. The molecule has 0 heterocycles. The third-order valence-corrected chi connectivity index (χ3v) is 12.3. The van der Waals surface area contributed by atoms with E-state index < -0.39 is 6.10 Å². The van der Waals surface area contributed by atoms with Crippen LogP contribution in [0.15, 0.2) is 0 Å². The largest absolute Gasteiger partial charge is 0.462 e. The van der Waals surface area contributed by atoms with E-state index >= 15 is 0 Å². The molecule has 1 unspecified atom stereocenters. The van der Waals surface area contributed by atoms with Crippen molar-refractivity contribution in [3.63, 3.8) is 0 Å². The van der Waals surface area contributed by atoms with Crippen LogP contribution in [0.5, 0.6) is 0 Å². The predicted octanol–water partition coefficient (Wildman–Crippen LogP) is 16.8. The van der Waals surface area contributed by atoms with Gasteiger partial charge in [-0.25, -0.2) is 0 Å². The van der Waals surface area contributed by atoms with Crippen molar-refractivity contribution in [2.75, 3.05) is 13.2 Å². The minimum absolute atomic E-state index is 0.0650. The molecule has 0 aromatic carbocycles. The maximum Gasteiger partial charge on any atom is 0.306 e. The van der Waals surface area contributed by atoms with E-state index in [1.807, 2.05) is 0 Å². The molecule has 0 aliphatic heterocycles. The molecule has 2 atom stereocenters. The molecule has 0 fully saturated rings. The fourth-order valence-corrected chi connectivity index (χ4v) is 7.91. The van der Waals surface area contributed by atoms with Gasteiger partial charge in [0.05, 0.1) is 0 Å². The highest BCUT2D eigenvalue weighted by molar-refractivity contribution is 5.71. The van der Waals surface area contributed by atoms with Gasteiger partial charge in [0.1, 0.15) is 13.2 Å². The molecule has 0 rings (SSSR count). The van der Waals surface area contributed by atoms with Gasteiger partial charge in [0, 0.05) is 19.3 Å². The van der Waals surface area contributed by atoms with Crippen molar-refractivity contribution in [1.29, 1.82) is 0 Å². The summed E-state index contributed by atoms with van der Waals surface area (Å²) in [7, 11) is 0. The Kier molecular flexibility index (Phi) is 43.3. The normalized spacial score (nSPS) is 12.6. The van der Waals surface area contributed by atoms with Crippen LogP contribution in [0.2, 0.25) is 0 Å². The second-order valence-electron chi connectivity index (χ2n) is 19.4. The molecule has 0 saturated heterocycles. The van der Waals surface area contributed by atoms with Crippen molar-refractivity contribution in [1.82, 2.24) is 0 Å².